The van der Waals surface area contributed by atoms with Crippen LogP contribution >= 0.6 is 11.6 Å². The van der Waals surface area contributed by atoms with Crippen LogP contribution in [0.25, 0.3) is 10.9 Å². The van der Waals surface area contributed by atoms with Crippen molar-refractivity contribution in [1.29, 1.82) is 0 Å². The minimum atomic E-state index is -3.44. The number of nitrogens with one attached hydrogen (secondary N) is 1. The van der Waals surface area contributed by atoms with E-state index in [1.165, 1.54) is 0 Å². The first-order chi connectivity index (χ1) is 13.2. The van der Waals surface area contributed by atoms with Crippen LogP contribution in [0.15, 0.2) is 59.9 Å². The molecule has 0 saturated heterocycles. The average Bonchev–Trinajstić information content (AvgIpc) is 3.08. The number of sulfonamides is 1. The number of aromatic nitrogens is 1. The molecule has 7 nitrogen and oxygen atoms in total. The predicted molar refractivity (Wildman–Crippen MR) is 113 cm³/mol. The first kappa shape index (κ1) is 20.0. The number of benzene rings is 2. The van der Waals surface area contributed by atoms with Gasteiger partial charge in [0.05, 0.1) is 17.5 Å². The third-order valence-corrected chi connectivity index (χ3v) is 5.65. The molecule has 9 heteroatoms. The Balaban J connectivity index is 2.31. The Kier molecular flexibility index (Phi) is 5.27. The summed E-state index contributed by atoms with van der Waals surface area (Å²) in [5.41, 5.74) is 7.19. The number of rotatable bonds is 6. The quantitative estimate of drug-likeness (QED) is 0.245. The predicted octanol–water partition coefficient (Wildman–Crippen LogP) is 3.57. The molecule has 1 heterocycles. The molecule has 1 aromatic heterocycles. The summed E-state index contributed by atoms with van der Waals surface area (Å²) >= 11 is 6.04. The van der Waals surface area contributed by atoms with Gasteiger partial charge in [0.15, 0.2) is 5.84 Å². The molecule has 0 fully saturated rings. The maximum absolute atomic E-state index is 11.7. The van der Waals surface area contributed by atoms with E-state index in [1.807, 2.05) is 29.7 Å². The third-order valence-electron chi connectivity index (χ3n) is 4.80. The van der Waals surface area contributed by atoms with Gasteiger partial charge in [-0.3, -0.25) is 4.72 Å². The molecular weight excluding hydrogens is 400 g/mol. The molecule has 0 aliphatic heterocycles. The average molecular weight is 421 g/mol. The fraction of sp³-hybridized carbons (Fsp3) is 0.211. The molecule has 0 saturated carbocycles. The molecular formula is C19H21ClN4O3S. The first-order valence-corrected chi connectivity index (χ1v) is 10.8. The van der Waals surface area contributed by atoms with Gasteiger partial charge in [-0.1, -0.05) is 41.9 Å². The number of halogens is 1. The van der Waals surface area contributed by atoms with Crippen LogP contribution in [0.4, 0.5) is 5.69 Å². The van der Waals surface area contributed by atoms with Crippen LogP contribution in [-0.4, -0.2) is 30.3 Å². The van der Waals surface area contributed by atoms with Gasteiger partial charge in [0, 0.05) is 16.6 Å². The summed E-state index contributed by atoms with van der Waals surface area (Å²) in [4.78, 5) is 0. The monoisotopic (exact) mass is 420 g/mol. The molecule has 0 radical (unpaired) electrons. The summed E-state index contributed by atoms with van der Waals surface area (Å²) in [5.74, 6) is 0.0105. The first-order valence-electron chi connectivity index (χ1n) is 8.55. The number of nitrogens with zero attached hydrogens (tertiary/aromatic N) is 2. The largest absolute Gasteiger partial charge is 0.409 e. The van der Waals surface area contributed by atoms with Gasteiger partial charge in [0.25, 0.3) is 0 Å². The van der Waals surface area contributed by atoms with Crippen LogP contribution in [-0.2, 0) is 15.6 Å². The Hall–Kier alpha value is -2.71. The second kappa shape index (κ2) is 7.37. The number of amidine groups is 1. The van der Waals surface area contributed by atoms with Gasteiger partial charge in [0.2, 0.25) is 10.0 Å². The fourth-order valence-corrected chi connectivity index (χ4v) is 4.27. The van der Waals surface area contributed by atoms with Crippen LogP contribution in [0.2, 0.25) is 5.02 Å². The molecule has 28 heavy (non-hydrogen) atoms. The van der Waals surface area contributed by atoms with Crippen LogP contribution in [0.3, 0.4) is 0 Å². The normalized spacial score (nSPS) is 14.8. The topological polar surface area (TPSA) is 110 Å². The third kappa shape index (κ3) is 3.41. The SMILES string of the molecule is CC[C@](/C(N)=N\O)(c1ccc(Cl)cc1)n1ccc2c(NS(C)(=O)=O)cccc21. The zero-order valence-electron chi connectivity index (χ0n) is 15.4. The summed E-state index contributed by atoms with van der Waals surface area (Å²) in [5, 5.41) is 14.1. The Morgan fingerprint density at radius 2 is 1.93 bits per heavy atom. The molecule has 3 aromatic rings. The van der Waals surface area contributed by atoms with Crippen molar-refractivity contribution in [3.8, 4) is 0 Å². The number of hydrogen-bond acceptors (Lipinski definition) is 4. The number of fused-ring (bicyclic) bond motifs is 1. The Morgan fingerprint density at radius 3 is 2.50 bits per heavy atom. The van der Waals surface area contributed by atoms with Crippen LogP contribution in [0.5, 0.6) is 0 Å². The maximum Gasteiger partial charge on any atom is 0.229 e. The van der Waals surface area contributed by atoms with Crippen LogP contribution in [0, 0.1) is 0 Å². The van der Waals surface area contributed by atoms with Crippen molar-refractivity contribution < 1.29 is 13.6 Å². The molecule has 0 bridgehead atoms. The van der Waals surface area contributed by atoms with Crippen LogP contribution in [0.1, 0.15) is 18.9 Å². The van der Waals surface area contributed by atoms with Gasteiger partial charge < -0.3 is 15.5 Å². The number of hydrogen-bond donors (Lipinski definition) is 3. The zero-order valence-corrected chi connectivity index (χ0v) is 17.0. The van der Waals surface area contributed by atoms with Crippen molar-refractivity contribution in [3.05, 3.63) is 65.3 Å². The maximum atomic E-state index is 11.7. The lowest BCUT2D eigenvalue weighted by molar-refractivity contribution is 0.307. The number of anilines is 1. The summed E-state index contributed by atoms with van der Waals surface area (Å²) < 4.78 is 27.8. The van der Waals surface area contributed by atoms with E-state index < -0.39 is 15.6 Å². The van der Waals surface area contributed by atoms with Crippen molar-refractivity contribution in [1.82, 2.24) is 4.57 Å². The van der Waals surface area contributed by atoms with Crippen molar-refractivity contribution >= 4 is 44.1 Å². The van der Waals surface area contributed by atoms with Gasteiger partial charge in [-0.15, -0.1) is 0 Å². The summed E-state index contributed by atoms with van der Waals surface area (Å²) in [7, 11) is -3.44. The fourth-order valence-electron chi connectivity index (χ4n) is 3.56. The van der Waals surface area contributed by atoms with E-state index in [0.717, 1.165) is 17.3 Å². The van der Waals surface area contributed by atoms with E-state index in [9.17, 15) is 13.6 Å². The van der Waals surface area contributed by atoms with E-state index in [0.29, 0.717) is 22.5 Å². The van der Waals surface area contributed by atoms with E-state index in [2.05, 4.69) is 9.88 Å². The Labute approximate surface area is 168 Å². The molecule has 0 aliphatic carbocycles. The van der Waals surface area contributed by atoms with E-state index in [1.54, 1.807) is 36.5 Å². The van der Waals surface area contributed by atoms with Gasteiger partial charge in [0.1, 0.15) is 5.54 Å². The van der Waals surface area contributed by atoms with Crippen molar-refractivity contribution in [2.75, 3.05) is 11.0 Å². The minimum absolute atomic E-state index is 0.0105. The van der Waals surface area contributed by atoms with Crippen molar-refractivity contribution in [2.24, 2.45) is 10.9 Å². The van der Waals surface area contributed by atoms with Gasteiger partial charge >= 0.3 is 0 Å². The van der Waals surface area contributed by atoms with Crippen molar-refractivity contribution in [2.45, 2.75) is 18.9 Å². The second-order valence-corrected chi connectivity index (χ2v) is 8.69. The van der Waals surface area contributed by atoms with E-state index >= 15 is 0 Å². The standard InChI is InChI=1S/C19H21ClN4O3S/c1-3-19(18(21)22-25,13-7-9-14(20)10-8-13)24-12-11-15-16(23-28(2,26)27)5-4-6-17(15)24/h4-12,23,25H,3H2,1-2H3,(H2,21,22)/t19-/m1/s1. The van der Waals surface area contributed by atoms with Gasteiger partial charge in [-0.2, -0.15) is 0 Å². The summed E-state index contributed by atoms with van der Waals surface area (Å²) in [6, 6.07) is 14.2. The highest BCUT2D eigenvalue weighted by Gasteiger charge is 2.38. The molecule has 4 N–H and O–H groups in total. The number of oxime groups is 1. The molecule has 1 atom stereocenters. The lowest BCUT2D eigenvalue weighted by Gasteiger charge is -2.35. The molecule has 0 unspecified atom stereocenters. The Bertz CT molecular complexity index is 1140. The number of nitrogens with two attached hydrogens (primary N) is 1. The molecule has 2 aromatic carbocycles. The smallest absolute Gasteiger partial charge is 0.229 e. The highest BCUT2D eigenvalue weighted by atomic mass is 35.5. The molecule has 0 aliphatic rings. The van der Waals surface area contributed by atoms with Crippen molar-refractivity contribution in [3.63, 3.8) is 0 Å². The lowest BCUT2D eigenvalue weighted by Crippen LogP contribution is -2.46. The molecule has 0 spiro atoms. The second-order valence-electron chi connectivity index (χ2n) is 6.50. The minimum Gasteiger partial charge on any atom is -0.409 e. The molecule has 0 amide bonds. The molecule has 148 valence electrons. The highest BCUT2D eigenvalue weighted by Crippen LogP contribution is 2.37. The van der Waals surface area contributed by atoms with Gasteiger partial charge in [-0.05, 0) is 42.3 Å². The molecule has 3 rings (SSSR count). The van der Waals surface area contributed by atoms with E-state index in [-0.39, 0.29) is 5.84 Å². The summed E-state index contributed by atoms with van der Waals surface area (Å²) in [6.07, 6.45) is 3.38. The van der Waals surface area contributed by atoms with E-state index in [4.69, 9.17) is 17.3 Å². The lowest BCUT2D eigenvalue weighted by atomic mass is 9.85. The summed E-state index contributed by atoms with van der Waals surface area (Å²) in [6.45, 7) is 1.93. The Morgan fingerprint density at radius 1 is 1.25 bits per heavy atom. The zero-order chi connectivity index (χ0) is 20.5. The highest BCUT2D eigenvalue weighted by molar-refractivity contribution is 7.92. The van der Waals surface area contributed by atoms with Gasteiger partial charge in [-0.25, -0.2) is 8.42 Å². The van der Waals surface area contributed by atoms with Crippen LogP contribution < -0.4 is 10.5 Å².